The van der Waals surface area contributed by atoms with Gasteiger partial charge >= 0.3 is 0 Å². The van der Waals surface area contributed by atoms with Crippen molar-refractivity contribution in [2.45, 2.75) is 51.5 Å². The number of benzene rings is 1. The van der Waals surface area contributed by atoms with Gasteiger partial charge in [-0.2, -0.15) is 0 Å². The Bertz CT molecular complexity index is 1130. The standard InChI is InChI=1S/C23H27N3O3S/c1-5-19-15-24-22(25-19)21(27)13-17-11-12-18(23(2,3)26-30(4,28)29)14-20(17)16-9-7-6-8-10-16/h1,9,11-12,14-15,26H,6-8,10,13H2,2-4H3,(H,24,25). The van der Waals surface area contributed by atoms with Gasteiger partial charge in [-0.3, -0.25) is 4.79 Å². The molecule has 30 heavy (non-hydrogen) atoms. The third-order valence-electron chi connectivity index (χ3n) is 5.26. The number of ketones is 1. The number of H-pyrrole nitrogens is 1. The highest BCUT2D eigenvalue weighted by atomic mass is 32.2. The molecule has 0 saturated carbocycles. The number of aromatic amines is 1. The van der Waals surface area contributed by atoms with Crippen LogP contribution >= 0.6 is 0 Å². The lowest BCUT2D eigenvalue weighted by atomic mass is 9.85. The topological polar surface area (TPSA) is 91.9 Å². The van der Waals surface area contributed by atoms with Gasteiger partial charge in [-0.05, 0) is 67.9 Å². The van der Waals surface area contributed by atoms with Gasteiger partial charge in [0.1, 0.15) is 5.69 Å². The summed E-state index contributed by atoms with van der Waals surface area (Å²) in [4.78, 5) is 19.7. The first-order valence-electron chi connectivity index (χ1n) is 9.95. The van der Waals surface area contributed by atoms with Crippen LogP contribution in [-0.4, -0.2) is 30.4 Å². The number of carbonyl (C=O) groups excluding carboxylic acids is 1. The van der Waals surface area contributed by atoms with Crippen LogP contribution in [0.15, 0.2) is 30.5 Å². The predicted molar refractivity (Wildman–Crippen MR) is 118 cm³/mol. The summed E-state index contributed by atoms with van der Waals surface area (Å²) in [6.07, 6.45) is 14.6. The number of Topliss-reactive ketones (excluding diaryl/α,β-unsaturated/α-hetero) is 1. The van der Waals surface area contributed by atoms with Crippen molar-refractivity contribution in [2.24, 2.45) is 0 Å². The Kier molecular flexibility index (Phi) is 6.30. The minimum atomic E-state index is -3.38. The molecule has 1 aromatic heterocycles. The van der Waals surface area contributed by atoms with Gasteiger partial charge < -0.3 is 4.98 Å². The van der Waals surface area contributed by atoms with Gasteiger partial charge in [0, 0.05) is 6.42 Å². The first kappa shape index (κ1) is 22.0. The highest BCUT2D eigenvalue weighted by Gasteiger charge is 2.26. The molecular weight excluding hydrogens is 398 g/mol. The van der Waals surface area contributed by atoms with Crippen molar-refractivity contribution in [2.75, 3.05) is 6.26 Å². The molecule has 158 valence electrons. The Hall–Kier alpha value is -2.69. The van der Waals surface area contributed by atoms with Crippen molar-refractivity contribution in [3.05, 3.63) is 58.7 Å². The van der Waals surface area contributed by atoms with Gasteiger partial charge in [0.05, 0.1) is 18.0 Å². The molecule has 0 bridgehead atoms. The number of nitrogens with zero attached hydrogens (tertiary/aromatic N) is 1. The lowest BCUT2D eigenvalue weighted by Crippen LogP contribution is -2.40. The number of hydrogen-bond acceptors (Lipinski definition) is 4. The second-order valence-corrected chi connectivity index (χ2v) is 9.98. The Morgan fingerprint density at radius 2 is 2.10 bits per heavy atom. The average molecular weight is 426 g/mol. The van der Waals surface area contributed by atoms with Gasteiger partial charge in [-0.25, -0.2) is 18.1 Å². The van der Waals surface area contributed by atoms with Gasteiger partial charge in [-0.1, -0.05) is 24.1 Å². The second kappa shape index (κ2) is 8.58. The lowest BCUT2D eigenvalue weighted by Gasteiger charge is -2.27. The van der Waals surface area contributed by atoms with E-state index in [9.17, 15) is 13.2 Å². The Morgan fingerprint density at radius 3 is 2.70 bits per heavy atom. The molecule has 0 atom stereocenters. The van der Waals surface area contributed by atoms with E-state index in [0.29, 0.717) is 5.69 Å². The van der Waals surface area contributed by atoms with Crippen LogP contribution in [-0.2, 0) is 22.0 Å². The van der Waals surface area contributed by atoms with Crippen LogP contribution in [0.2, 0.25) is 0 Å². The molecule has 1 aliphatic carbocycles. The van der Waals surface area contributed by atoms with Crippen LogP contribution in [0.1, 0.15) is 72.5 Å². The molecule has 0 amide bonds. The maximum atomic E-state index is 12.8. The van der Waals surface area contributed by atoms with E-state index in [1.54, 1.807) is 0 Å². The molecule has 3 rings (SSSR count). The number of aromatic nitrogens is 2. The zero-order valence-corrected chi connectivity index (χ0v) is 18.4. The van der Waals surface area contributed by atoms with Crippen molar-refractivity contribution >= 4 is 21.4 Å². The molecular formula is C23H27N3O3S. The van der Waals surface area contributed by atoms with Crippen LogP contribution in [0.4, 0.5) is 0 Å². The van der Waals surface area contributed by atoms with Crippen molar-refractivity contribution in [3.8, 4) is 12.3 Å². The summed E-state index contributed by atoms with van der Waals surface area (Å²) >= 11 is 0. The number of allylic oxidation sites excluding steroid dienone is 2. The summed E-state index contributed by atoms with van der Waals surface area (Å²) in [6.45, 7) is 3.66. The van der Waals surface area contributed by atoms with Crippen molar-refractivity contribution in [1.29, 1.82) is 0 Å². The third-order valence-corrected chi connectivity index (χ3v) is 6.14. The first-order chi connectivity index (χ1) is 14.1. The molecule has 0 radical (unpaired) electrons. The summed E-state index contributed by atoms with van der Waals surface area (Å²) in [5.74, 6) is 2.54. The van der Waals surface area contributed by atoms with Crippen LogP contribution in [0, 0.1) is 12.3 Å². The zero-order valence-electron chi connectivity index (χ0n) is 17.6. The van der Waals surface area contributed by atoms with Crippen molar-refractivity contribution in [1.82, 2.24) is 14.7 Å². The number of hydrogen-bond donors (Lipinski definition) is 2. The van der Waals surface area contributed by atoms with Gasteiger partial charge in [0.2, 0.25) is 15.8 Å². The SMILES string of the molecule is C#Cc1cnc(C(=O)Cc2ccc(C(C)(C)NS(C)(=O)=O)cc2C2=CCCCC2)[nH]1. The number of nitrogens with one attached hydrogen (secondary N) is 2. The molecule has 0 unspecified atom stereocenters. The Labute approximate surface area is 178 Å². The summed E-state index contributed by atoms with van der Waals surface area (Å²) in [5, 5.41) is 0. The highest BCUT2D eigenvalue weighted by molar-refractivity contribution is 7.88. The van der Waals surface area contributed by atoms with Gasteiger partial charge in [-0.15, -0.1) is 6.42 Å². The Balaban J connectivity index is 1.99. The highest BCUT2D eigenvalue weighted by Crippen LogP contribution is 2.33. The van der Waals surface area contributed by atoms with Crippen molar-refractivity contribution in [3.63, 3.8) is 0 Å². The monoisotopic (exact) mass is 425 g/mol. The van der Waals surface area contributed by atoms with E-state index >= 15 is 0 Å². The van der Waals surface area contributed by atoms with E-state index in [4.69, 9.17) is 6.42 Å². The Morgan fingerprint density at radius 1 is 1.33 bits per heavy atom. The van der Waals surface area contributed by atoms with Crippen LogP contribution < -0.4 is 4.72 Å². The molecule has 2 N–H and O–H groups in total. The lowest BCUT2D eigenvalue weighted by molar-refractivity contribution is 0.0984. The van der Waals surface area contributed by atoms with E-state index < -0.39 is 15.6 Å². The first-order valence-corrected chi connectivity index (χ1v) is 11.8. The smallest absolute Gasteiger partial charge is 0.209 e. The maximum Gasteiger partial charge on any atom is 0.209 e. The number of imidazole rings is 1. The van der Waals surface area contributed by atoms with E-state index in [1.807, 2.05) is 32.0 Å². The van der Waals surface area contributed by atoms with E-state index in [-0.39, 0.29) is 18.0 Å². The van der Waals surface area contributed by atoms with Crippen molar-refractivity contribution < 1.29 is 13.2 Å². The summed E-state index contributed by atoms with van der Waals surface area (Å²) in [6, 6.07) is 5.80. The van der Waals surface area contributed by atoms with Crippen LogP contribution in [0.25, 0.3) is 5.57 Å². The molecule has 6 nitrogen and oxygen atoms in total. The molecule has 0 aliphatic heterocycles. The van der Waals surface area contributed by atoms with Gasteiger partial charge in [0.25, 0.3) is 0 Å². The molecule has 2 aromatic rings. The minimum absolute atomic E-state index is 0.143. The molecule has 1 aliphatic rings. The van der Waals surface area contributed by atoms with E-state index in [0.717, 1.165) is 48.6 Å². The molecule has 0 spiro atoms. The predicted octanol–water partition coefficient (Wildman–Crippen LogP) is 3.56. The molecule has 1 aromatic carbocycles. The summed E-state index contributed by atoms with van der Waals surface area (Å²) in [7, 11) is -3.38. The number of terminal acetylenes is 1. The largest absolute Gasteiger partial charge is 0.329 e. The molecule has 1 heterocycles. The van der Waals surface area contributed by atoms with E-state index in [2.05, 4.69) is 26.7 Å². The molecule has 7 heteroatoms. The quantitative estimate of drug-likeness (QED) is 0.524. The maximum absolute atomic E-state index is 12.8. The number of sulfonamides is 1. The van der Waals surface area contributed by atoms with Gasteiger partial charge in [0.15, 0.2) is 5.82 Å². The fourth-order valence-electron chi connectivity index (χ4n) is 3.82. The van der Waals surface area contributed by atoms with Crippen LogP contribution in [0.5, 0.6) is 0 Å². The third kappa shape index (κ3) is 5.26. The molecule has 0 fully saturated rings. The summed E-state index contributed by atoms with van der Waals surface area (Å²) < 4.78 is 26.3. The second-order valence-electron chi connectivity index (χ2n) is 8.24. The summed E-state index contributed by atoms with van der Waals surface area (Å²) in [5.41, 5.74) is 3.63. The number of rotatable bonds is 7. The van der Waals surface area contributed by atoms with E-state index in [1.165, 1.54) is 11.8 Å². The fourth-order valence-corrected chi connectivity index (χ4v) is 4.86. The normalized spacial score (nSPS) is 14.8. The minimum Gasteiger partial charge on any atom is -0.329 e. The van der Waals surface area contributed by atoms with Crippen LogP contribution in [0.3, 0.4) is 0 Å². The fraction of sp³-hybridized carbons (Fsp3) is 0.391. The zero-order chi connectivity index (χ0) is 21.9. The number of carbonyl (C=O) groups is 1. The molecule has 0 saturated heterocycles. The average Bonchev–Trinajstić information content (AvgIpc) is 3.16.